The molecule has 3 aromatic rings. The molecule has 3 aromatic carbocycles. The Morgan fingerprint density at radius 1 is 0.690 bits per heavy atom. The first kappa shape index (κ1) is 19.4. The lowest BCUT2D eigenvalue weighted by Crippen LogP contribution is -2.03. The van der Waals surface area contributed by atoms with E-state index in [2.05, 4.69) is 24.3 Å². The molecule has 0 amide bonds. The van der Waals surface area contributed by atoms with E-state index < -0.39 is 9.70 Å². The summed E-state index contributed by atoms with van der Waals surface area (Å²) in [5.41, 5.74) is 17.5. The van der Waals surface area contributed by atoms with Gasteiger partial charge in [0.1, 0.15) is 5.75 Å². The minimum absolute atomic E-state index is 0.614. The van der Waals surface area contributed by atoms with E-state index in [1.807, 2.05) is 60.7 Å². The fourth-order valence-electron chi connectivity index (χ4n) is 3.16. The highest BCUT2D eigenvalue weighted by Crippen LogP contribution is 2.46. The minimum Gasteiger partial charge on any atom is -0.497 e. The van der Waals surface area contributed by atoms with Gasteiger partial charge in [0.25, 0.3) is 0 Å². The maximum Gasteiger partial charge on any atom is 0.118 e. The van der Waals surface area contributed by atoms with Crippen molar-refractivity contribution in [2.45, 2.75) is 0 Å². The van der Waals surface area contributed by atoms with Crippen molar-refractivity contribution in [3.63, 3.8) is 0 Å². The number of hydrogen-bond donors (Lipinski definition) is 2. The molecule has 4 rings (SSSR count). The van der Waals surface area contributed by atoms with Crippen LogP contribution in [0, 0.1) is 0 Å². The summed E-state index contributed by atoms with van der Waals surface area (Å²) in [6.45, 7) is 0. The Kier molecular flexibility index (Phi) is 5.47. The Labute approximate surface area is 177 Å². The fraction of sp³-hybridized carbons (Fsp3) is 0.0417. The number of hydrogen-bond acceptors (Lipinski definition) is 3. The fourth-order valence-corrected chi connectivity index (χ4v) is 5.35. The van der Waals surface area contributed by atoms with Gasteiger partial charge in [0, 0.05) is 21.1 Å². The molecule has 0 fully saturated rings. The lowest BCUT2D eigenvalue weighted by molar-refractivity contribution is 0.415. The van der Waals surface area contributed by atoms with Crippen molar-refractivity contribution in [1.82, 2.24) is 0 Å². The zero-order valence-corrected chi connectivity index (χ0v) is 17.5. The quantitative estimate of drug-likeness (QED) is 0.405. The normalized spacial score (nSPS) is 16.2. The van der Waals surface area contributed by atoms with Crippen molar-refractivity contribution >= 4 is 47.1 Å². The van der Waals surface area contributed by atoms with Gasteiger partial charge in [-0.1, -0.05) is 46.1 Å². The van der Waals surface area contributed by atoms with Gasteiger partial charge in [0.05, 0.1) is 7.11 Å². The van der Waals surface area contributed by atoms with E-state index in [0.29, 0.717) is 0 Å². The molecule has 1 aliphatic heterocycles. The molecular weight excluding hydrogens is 400 g/mol. The molecule has 5 heteroatoms. The maximum absolute atomic E-state index is 6.99. The van der Waals surface area contributed by atoms with Crippen molar-refractivity contribution in [1.29, 1.82) is 0 Å². The molecular formula is C24H21ClN2OS. The molecule has 29 heavy (non-hydrogen) atoms. The minimum atomic E-state index is -0.614. The van der Waals surface area contributed by atoms with E-state index in [9.17, 15) is 0 Å². The lowest BCUT2D eigenvalue weighted by Gasteiger charge is -2.20. The van der Waals surface area contributed by atoms with Gasteiger partial charge in [0.15, 0.2) is 0 Å². The molecule has 4 N–H and O–H groups in total. The summed E-state index contributed by atoms with van der Waals surface area (Å²) in [5, 5.41) is 0. The monoisotopic (exact) mass is 420 g/mol. The molecule has 1 unspecified atom stereocenters. The summed E-state index contributed by atoms with van der Waals surface area (Å²) in [7, 11) is 8.05. The first-order chi connectivity index (χ1) is 14.0. The zero-order chi connectivity index (χ0) is 20.4. The van der Waals surface area contributed by atoms with Gasteiger partial charge in [-0.2, -0.15) is 0 Å². The zero-order valence-electron chi connectivity index (χ0n) is 15.9. The van der Waals surface area contributed by atoms with Gasteiger partial charge in [-0.15, -0.1) is 0 Å². The van der Waals surface area contributed by atoms with Gasteiger partial charge in [-0.3, -0.25) is 0 Å². The number of halogens is 1. The van der Waals surface area contributed by atoms with E-state index >= 15 is 0 Å². The highest BCUT2D eigenvalue weighted by atomic mass is 35.7. The van der Waals surface area contributed by atoms with Crippen LogP contribution in [0.4, 0.5) is 11.4 Å². The Bertz CT molecular complexity index is 1130. The topological polar surface area (TPSA) is 61.3 Å². The van der Waals surface area contributed by atoms with Gasteiger partial charge in [0.2, 0.25) is 0 Å². The van der Waals surface area contributed by atoms with Gasteiger partial charge in [-0.05, 0) is 81.5 Å². The molecule has 1 heterocycles. The Hall–Kier alpha value is -2.95. The highest BCUT2D eigenvalue weighted by molar-refractivity contribution is 8.42. The standard InChI is InChI=1S/C24H21ClN2OS/c1-28-22-12-6-16(7-13-22)19-14-23(17-2-8-20(26)9-3-17)29(25)24(15-19)18-4-10-21(27)11-5-18/h2-15H,26-27H2,1H3. The summed E-state index contributed by atoms with van der Waals surface area (Å²) in [6, 6.07) is 23.7. The first-order valence-corrected chi connectivity index (χ1v) is 11.2. The SMILES string of the molecule is COc1ccc(C2=CC(c3ccc(N)cc3)=S(Cl)C(c3ccc(N)cc3)=C2)cc1. The van der Waals surface area contributed by atoms with Gasteiger partial charge >= 0.3 is 0 Å². The maximum atomic E-state index is 6.99. The number of anilines is 2. The Morgan fingerprint density at radius 2 is 1.21 bits per heavy atom. The molecule has 0 saturated heterocycles. The Morgan fingerprint density at radius 3 is 1.76 bits per heavy atom. The number of ether oxygens (including phenoxy) is 1. The predicted molar refractivity (Wildman–Crippen MR) is 128 cm³/mol. The van der Waals surface area contributed by atoms with Crippen LogP contribution >= 0.6 is 20.4 Å². The van der Waals surface area contributed by atoms with Crippen molar-refractivity contribution < 1.29 is 4.74 Å². The Balaban J connectivity index is 1.87. The third kappa shape index (κ3) is 4.09. The molecule has 0 spiro atoms. The molecule has 1 aliphatic rings. The summed E-state index contributed by atoms with van der Waals surface area (Å²) < 4.78 is 5.29. The van der Waals surface area contributed by atoms with Gasteiger partial charge in [-0.25, -0.2) is 0 Å². The van der Waals surface area contributed by atoms with E-state index in [-0.39, 0.29) is 0 Å². The van der Waals surface area contributed by atoms with Crippen LogP contribution < -0.4 is 16.2 Å². The number of nitrogen functional groups attached to an aromatic ring is 2. The van der Waals surface area contributed by atoms with Crippen molar-refractivity contribution in [3.05, 3.63) is 102 Å². The average Bonchev–Trinajstić information content (AvgIpc) is 2.75. The highest BCUT2D eigenvalue weighted by Gasteiger charge is 2.18. The van der Waals surface area contributed by atoms with E-state index in [0.717, 1.165) is 49.2 Å². The van der Waals surface area contributed by atoms with Crippen LogP contribution in [-0.4, -0.2) is 12.0 Å². The first-order valence-electron chi connectivity index (χ1n) is 9.12. The van der Waals surface area contributed by atoms with E-state index in [1.165, 1.54) is 0 Å². The molecule has 146 valence electrons. The third-order valence-corrected chi connectivity index (χ3v) is 7.25. The van der Waals surface area contributed by atoms with Crippen molar-refractivity contribution in [2.24, 2.45) is 0 Å². The van der Waals surface area contributed by atoms with Crippen molar-refractivity contribution in [3.8, 4) is 5.75 Å². The number of benzene rings is 3. The van der Waals surface area contributed by atoms with Crippen LogP contribution in [0.1, 0.15) is 16.7 Å². The molecule has 1 atom stereocenters. The number of methoxy groups -OCH3 is 1. The van der Waals surface area contributed by atoms with Crippen molar-refractivity contribution in [2.75, 3.05) is 18.6 Å². The molecule has 0 aromatic heterocycles. The smallest absolute Gasteiger partial charge is 0.118 e. The molecule has 0 radical (unpaired) electrons. The third-order valence-electron chi connectivity index (χ3n) is 4.77. The van der Waals surface area contributed by atoms with Crippen LogP contribution in [0.3, 0.4) is 0 Å². The lowest BCUT2D eigenvalue weighted by atomic mass is 10.00. The largest absolute Gasteiger partial charge is 0.497 e. The van der Waals surface area contributed by atoms with Crippen LogP contribution in [0.15, 0.2) is 84.9 Å². The average molecular weight is 421 g/mol. The van der Waals surface area contributed by atoms with Crippen LogP contribution in [0.2, 0.25) is 0 Å². The summed E-state index contributed by atoms with van der Waals surface area (Å²) in [6.07, 6.45) is 4.31. The second-order valence-corrected chi connectivity index (χ2v) is 9.02. The van der Waals surface area contributed by atoms with Gasteiger partial charge < -0.3 is 16.2 Å². The predicted octanol–water partition coefficient (Wildman–Crippen LogP) is 5.94. The summed E-state index contributed by atoms with van der Waals surface area (Å²) in [4.78, 5) is 2.12. The number of rotatable bonds is 4. The molecule has 0 saturated carbocycles. The van der Waals surface area contributed by atoms with E-state index in [1.54, 1.807) is 7.11 Å². The van der Waals surface area contributed by atoms with E-state index in [4.69, 9.17) is 26.9 Å². The van der Waals surface area contributed by atoms with Crippen LogP contribution in [0.5, 0.6) is 5.75 Å². The summed E-state index contributed by atoms with van der Waals surface area (Å²) in [5.74, 6) is 0.827. The van der Waals surface area contributed by atoms with Crippen LogP contribution in [0.25, 0.3) is 10.5 Å². The van der Waals surface area contributed by atoms with Crippen LogP contribution in [-0.2, 0) is 0 Å². The second-order valence-electron chi connectivity index (χ2n) is 6.70. The molecule has 3 nitrogen and oxygen atoms in total. The molecule has 0 bridgehead atoms. The number of allylic oxidation sites excluding steroid dienone is 3. The molecule has 0 aliphatic carbocycles. The number of nitrogens with two attached hydrogens (primary N) is 2. The summed E-state index contributed by atoms with van der Waals surface area (Å²) >= 11 is 0. The second kappa shape index (κ2) is 8.19.